The van der Waals surface area contributed by atoms with Crippen LogP contribution in [0.25, 0.3) is 0 Å². The Labute approximate surface area is 111 Å². The zero-order chi connectivity index (χ0) is 13.8. The van der Waals surface area contributed by atoms with Gasteiger partial charge in [-0.05, 0) is 18.6 Å². The van der Waals surface area contributed by atoms with Crippen molar-refractivity contribution in [1.82, 2.24) is 4.90 Å². The summed E-state index contributed by atoms with van der Waals surface area (Å²) >= 11 is 0. The molecule has 1 saturated heterocycles. The molecule has 5 heteroatoms. The van der Waals surface area contributed by atoms with E-state index in [2.05, 4.69) is 0 Å². The highest BCUT2D eigenvalue weighted by atomic mass is 16.5. The number of amides is 1. The van der Waals surface area contributed by atoms with Crippen molar-refractivity contribution < 1.29 is 19.4 Å². The molecule has 0 spiro atoms. The van der Waals surface area contributed by atoms with Crippen molar-refractivity contribution in [3.8, 4) is 11.5 Å². The molecule has 0 unspecified atom stereocenters. The van der Waals surface area contributed by atoms with Gasteiger partial charge in [-0.3, -0.25) is 9.59 Å². The number of rotatable bonds is 4. The van der Waals surface area contributed by atoms with Crippen LogP contribution in [0.2, 0.25) is 0 Å². The highest BCUT2D eigenvalue weighted by Crippen LogP contribution is 2.26. The van der Waals surface area contributed by atoms with Gasteiger partial charge in [-0.2, -0.15) is 0 Å². The number of phenolic OH excluding ortho intramolecular Hbond substituents is 1. The maximum Gasteiger partial charge on any atom is 0.219 e. The van der Waals surface area contributed by atoms with Gasteiger partial charge in [-0.1, -0.05) is 6.07 Å². The predicted molar refractivity (Wildman–Crippen MR) is 69.4 cm³/mol. The number of aromatic hydroxyl groups is 1. The molecule has 1 amide bonds. The second kappa shape index (κ2) is 5.73. The number of hydrogen-bond donors (Lipinski definition) is 1. The average molecular weight is 263 g/mol. The lowest BCUT2D eigenvalue weighted by Gasteiger charge is -2.15. The second-order valence-corrected chi connectivity index (χ2v) is 4.74. The molecule has 1 heterocycles. The molecule has 0 aromatic heterocycles. The molecule has 1 aliphatic rings. The Morgan fingerprint density at radius 1 is 1.58 bits per heavy atom. The third kappa shape index (κ3) is 3.05. The third-order valence-electron chi connectivity index (χ3n) is 3.37. The van der Waals surface area contributed by atoms with Crippen molar-refractivity contribution in [2.75, 3.05) is 19.7 Å². The summed E-state index contributed by atoms with van der Waals surface area (Å²) in [4.78, 5) is 23.9. The van der Waals surface area contributed by atoms with Gasteiger partial charge < -0.3 is 14.7 Å². The van der Waals surface area contributed by atoms with E-state index < -0.39 is 0 Å². The monoisotopic (exact) mass is 263 g/mol. The molecule has 0 radical (unpaired) electrons. The summed E-state index contributed by atoms with van der Waals surface area (Å²) in [6, 6.07) is 4.74. The number of carbonyl (C=O) groups is 2. The van der Waals surface area contributed by atoms with E-state index in [1.54, 1.807) is 24.0 Å². The highest BCUT2D eigenvalue weighted by molar-refractivity contribution is 5.83. The van der Waals surface area contributed by atoms with E-state index in [9.17, 15) is 14.7 Å². The molecule has 1 aliphatic heterocycles. The number of carbonyl (C=O) groups excluding carboxylic acids is 2. The maximum atomic E-state index is 11.2. The van der Waals surface area contributed by atoms with Crippen LogP contribution in [-0.4, -0.2) is 41.9 Å². The minimum Gasteiger partial charge on any atom is -0.507 e. The Morgan fingerprint density at radius 3 is 3.00 bits per heavy atom. The molecule has 0 saturated carbocycles. The van der Waals surface area contributed by atoms with E-state index >= 15 is 0 Å². The minimum absolute atomic E-state index is 0.0773. The Balaban J connectivity index is 1.95. The normalized spacial score (nSPS) is 18.4. The summed E-state index contributed by atoms with van der Waals surface area (Å²) in [6.07, 6.45) is 1.48. The minimum atomic E-state index is -0.0794. The van der Waals surface area contributed by atoms with E-state index in [0.29, 0.717) is 25.2 Å². The molecule has 19 heavy (non-hydrogen) atoms. The molecule has 1 aromatic carbocycles. The zero-order valence-corrected chi connectivity index (χ0v) is 10.8. The Bertz CT molecular complexity index is 486. The van der Waals surface area contributed by atoms with Gasteiger partial charge in [0.2, 0.25) is 5.91 Å². The van der Waals surface area contributed by atoms with Gasteiger partial charge in [0.1, 0.15) is 11.5 Å². The van der Waals surface area contributed by atoms with Crippen LogP contribution in [0.15, 0.2) is 18.2 Å². The number of phenols is 1. The molecule has 1 atom stereocenters. The zero-order valence-electron chi connectivity index (χ0n) is 10.8. The fourth-order valence-corrected chi connectivity index (χ4v) is 2.24. The first kappa shape index (κ1) is 13.4. The van der Waals surface area contributed by atoms with Crippen molar-refractivity contribution >= 4 is 12.2 Å². The van der Waals surface area contributed by atoms with Gasteiger partial charge in [0, 0.05) is 25.9 Å². The van der Waals surface area contributed by atoms with Gasteiger partial charge in [-0.15, -0.1) is 0 Å². The van der Waals surface area contributed by atoms with E-state index in [1.165, 1.54) is 6.07 Å². The van der Waals surface area contributed by atoms with Crippen molar-refractivity contribution in [1.29, 1.82) is 0 Å². The summed E-state index contributed by atoms with van der Waals surface area (Å²) in [7, 11) is 0. The van der Waals surface area contributed by atoms with Crippen LogP contribution in [-0.2, 0) is 4.79 Å². The standard InChI is InChI=1S/C14H17NO4/c1-10(17)15-6-5-11(7-15)9-19-14-4-2-3-13(18)12(14)8-16/h2-4,8,11,18H,5-7,9H2,1H3/t11-/m0/s1. The SMILES string of the molecule is CC(=O)N1CC[C@H](COc2cccc(O)c2C=O)C1. The number of hydrogen-bond acceptors (Lipinski definition) is 4. The smallest absolute Gasteiger partial charge is 0.219 e. The first-order chi connectivity index (χ1) is 9.11. The number of nitrogens with zero attached hydrogens (tertiary/aromatic N) is 1. The fraction of sp³-hybridized carbons (Fsp3) is 0.429. The summed E-state index contributed by atoms with van der Waals surface area (Å²) in [5.74, 6) is 0.653. The second-order valence-electron chi connectivity index (χ2n) is 4.74. The Morgan fingerprint density at radius 2 is 2.37 bits per heavy atom. The summed E-state index contributed by atoms with van der Waals surface area (Å²) in [6.45, 7) is 3.44. The van der Waals surface area contributed by atoms with E-state index in [1.807, 2.05) is 0 Å². The van der Waals surface area contributed by atoms with Gasteiger partial charge in [-0.25, -0.2) is 0 Å². The molecular formula is C14H17NO4. The van der Waals surface area contributed by atoms with Crippen molar-refractivity contribution in [2.24, 2.45) is 5.92 Å². The largest absolute Gasteiger partial charge is 0.507 e. The lowest BCUT2D eigenvalue weighted by molar-refractivity contribution is -0.127. The molecule has 1 fully saturated rings. The van der Waals surface area contributed by atoms with Crippen LogP contribution in [0.1, 0.15) is 23.7 Å². The van der Waals surface area contributed by atoms with Gasteiger partial charge in [0.15, 0.2) is 6.29 Å². The van der Waals surface area contributed by atoms with E-state index in [0.717, 1.165) is 13.0 Å². The molecule has 5 nitrogen and oxygen atoms in total. The van der Waals surface area contributed by atoms with E-state index in [4.69, 9.17) is 4.74 Å². The number of likely N-dealkylation sites (tertiary alicyclic amines) is 1. The fourth-order valence-electron chi connectivity index (χ4n) is 2.24. The quantitative estimate of drug-likeness (QED) is 0.835. The summed E-state index contributed by atoms with van der Waals surface area (Å²) < 4.78 is 5.59. The topological polar surface area (TPSA) is 66.8 Å². The van der Waals surface area contributed by atoms with Crippen LogP contribution in [0.5, 0.6) is 11.5 Å². The lowest BCUT2D eigenvalue weighted by Crippen LogP contribution is -2.26. The average Bonchev–Trinajstić information content (AvgIpc) is 2.85. The molecule has 2 rings (SSSR count). The number of benzene rings is 1. The molecule has 102 valence electrons. The van der Waals surface area contributed by atoms with Crippen molar-refractivity contribution in [3.63, 3.8) is 0 Å². The lowest BCUT2D eigenvalue weighted by atomic mass is 10.1. The van der Waals surface area contributed by atoms with Gasteiger partial charge in [0.25, 0.3) is 0 Å². The molecule has 1 N–H and O–H groups in total. The third-order valence-corrected chi connectivity index (χ3v) is 3.37. The van der Waals surface area contributed by atoms with Gasteiger partial charge >= 0.3 is 0 Å². The molecular weight excluding hydrogens is 246 g/mol. The number of ether oxygens (including phenoxy) is 1. The summed E-state index contributed by atoms with van der Waals surface area (Å²) in [5.41, 5.74) is 0.170. The van der Waals surface area contributed by atoms with Crippen LogP contribution >= 0.6 is 0 Å². The van der Waals surface area contributed by atoms with Crippen molar-refractivity contribution in [3.05, 3.63) is 23.8 Å². The Hall–Kier alpha value is -2.04. The van der Waals surface area contributed by atoms with Crippen molar-refractivity contribution in [2.45, 2.75) is 13.3 Å². The molecule has 0 aliphatic carbocycles. The van der Waals surface area contributed by atoms with Crippen LogP contribution in [0.3, 0.4) is 0 Å². The van der Waals surface area contributed by atoms with E-state index in [-0.39, 0.29) is 23.1 Å². The highest BCUT2D eigenvalue weighted by Gasteiger charge is 2.24. The Kier molecular flexibility index (Phi) is 4.04. The molecule has 0 bridgehead atoms. The van der Waals surface area contributed by atoms with Crippen LogP contribution in [0, 0.1) is 5.92 Å². The first-order valence-corrected chi connectivity index (χ1v) is 6.27. The maximum absolute atomic E-state index is 11.2. The number of aldehydes is 1. The predicted octanol–water partition coefficient (Wildman–Crippen LogP) is 1.45. The van der Waals surface area contributed by atoms with Crippen LogP contribution < -0.4 is 4.74 Å². The molecule has 1 aromatic rings. The first-order valence-electron chi connectivity index (χ1n) is 6.27. The van der Waals surface area contributed by atoms with Crippen LogP contribution in [0.4, 0.5) is 0 Å². The summed E-state index contributed by atoms with van der Waals surface area (Å²) in [5, 5.41) is 9.53. The van der Waals surface area contributed by atoms with Gasteiger partial charge in [0.05, 0.1) is 12.2 Å².